The van der Waals surface area contributed by atoms with Gasteiger partial charge in [-0.15, -0.1) is 0 Å². The van der Waals surface area contributed by atoms with Gasteiger partial charge in [-0.25, -0.2) is 4.90 Å². The first-order valence-electron chi connectivity index (χ1n) is 13.5. The van der Waals surface area contributed by atoms with Crippen LogP contribution in [0.15, 0.2) is 115 Å². The van der Waals surface area contributed by atoms with Gasteiger partial charge >= 0.3 is 5.91 Å². The molecule has 2 amide bonds. The van der Waals surface area contributed by atoms with E-state index in [1.807, 2.05) is 6.92 Å². The summed E-state index contributed by atoms with van der Waals surface area (Å²) in [6.45, 7) is 2.24. The number of phenols is 1. The summed E-state index contributed by atoms with van der Waals surface area (Å²) in [5.74, 6) is -4.06. The highest BCUT2D eigenvalue weighted by molar-refractivity contribution is 6.57. The highest BCUT2D eigenvalue weighted by atomic mass is 16.5. The van der Waals surface area contributed by atoms with E-state index in [4.69, 9.17) is 4.74 Å². The van der Waals surface area contributed by atoms with Crippen molar-refractivity contribution in [1.82, 2.24) is 0 Å². The van der Waals surface area contributed by atoms with Crippen molar-refractivity contribution in [3.05, 3.63) is 120 Å². The topological polar surface area (TPSA) is 134 Å². The summed E-state index contributed by atoms with van der Waals surface area (Å²) < 4.78 is 5.50. The van der Waals surface area contributed by atoms with Crippen molar-refractivity contribution in [3.63, 3.8) is 0 Å². The number of aromatic hydroxyl groups is 1. The number of ether oxygens (including phenoxy) is 1. The third-order valence-electron chi connectivity index (χ3n) is 7.37. The van der Waals surface area contributed by atoms with Crippen molar-refractivity contribution in [2.75, 3.05) is 21.3 Å². The van der Waals surface area contributed by atoms with Crippen molar-refractivity contribution in [2.45, 2.75) is 12.6 Å². The number of hydrogen-bond donors (Lipinski definition) is 3. The quantitative estimate of drug-likeness (QED) is 0.170. The van der Waals surface area contributed by atoms with Gasteiger partial charge in [0.25, 0.3) is 11.7 Å². The number of benzene rings is 4. The molecule has 0 saturated carbocycles. The summed E-state index contributed by atoms with van der Waals surface area (Å²) in [6, 6.07) is 28.7. The second-order valence-electron chi connectivity index (χ2n) is 9.78. The molecule has 0 aromatic heterocycles. The van der Waals surface area contributed by atoms with Crippen molar-refractivity contribution < 1.29 is 29.3 Å². The lowest BCUT2D eigenvalue weighted by Crippen LogP contribution is -2.62. The van der Waals surface area contributed by atoms with E-state index in [0.717, 1.165) is 9.80 Å². The molecule has 0 radical (unpaired) electrons. The predicted octanol–water partition coefficient (Wildman–Crippen LogP) is 4.86. The van der Waals surface area contributed by atoms with E-state index in [-0.39, 0.29) is 23.0 Å². The maximum absolute atomic E-state index is 14.9. The molecule has 2 fully saturated rings. The SMILES string of the molecule is CCOc1ccc(/C(O)=C2\C(=O)C(=O)N(c3ccccc3O)C23C(=O)N(c2ccccc2)C(=N)N3c2ccccc2)cc1. The third-order valence-corrected chi connectivity index (χ3v) is 7.37. The number of carbonyl (C=O) groups is 3. The largest absolute Gasteiger partial charge is 0.507 e. The molecule has 3 N–H and O–H groups in total. The Balaban J connectivity index is 1.72. The minimum absolute atomic E-state index is 0.142. The predicted molar refractivity (Wildman–Crippen MR) is 161 cm³/mol. The van der Waals surface area contributed by atoms with Gasteiger partial charge in [-0.05, 0) is 67.6 Å². The Hall–Kier alpha value is -5.90. The smallest absolute Gasteiger partial charge is 0.302 e. The molecule has 1 atom stereocenters. The van der Waals surface area contributed by atoms with Gasteiger partial charge in [0, 0.05) is 11.3 Å². The van der Waals surface area contributed by atoms with E-state index in [1.54, 1.807) is 78.9 Å². The molecule has 6 rings (SSSR count). The molecule has 4 aromatic carbocycles. The molecule has 2 aliphatic heterocycles. The molecule has 10 nitrogen and oxygen atoms in total. The monoisotopic (exact) mass is 574 g/mol. The van der Waals surface area contributed by atoms with E-state index >= 15 is 0 Å². The van der Waals surface area contributed by atoms with Crippen molar-refractivity contribution in [2.24, 2.45) is 0 Å². The van der Waals surface area contributed by atoms with Crippen LogP contribution in [0.4, 0.5) is 17.1 Å². The number of nitrogens with zero attached hydrogens (tertiary/aromatic N) is 3. The Bertz CT molecular complexity index is 1790. The maximum Gasteiger partial charge on any atom is 0.302 e. The highest BCUT2D eigenvalue weighted by Gasteiger charge is 2.72. The van der Waals surface area contributed by atoms with Crippen LogP contribution in [0.2, 0.25) is 0 Å². The summed E-state index contributed by atoms with van der Waals surface area (Å²) in [4.78, 5) is 46.2. The van der Waals surface area contributed by atoms with Crippen LogP contribution in [0.3, 0.4) is 0 Å². The Morgan fingerprint density at radius 2 is 1.37 bits per heavy atom. The number of rotatable bonds is 6. The molecule has 1 spiro atoms. The van der Waals surface area contributed by atoms with E-state index in [2.05, 4.69) is 0 Å². The van der Waals surface area contributed by atoms with E-state index in [1.165, 1.54) is 35.2 Å². The van der Waals surface area contributed by atoms with Crippen LogP contribution >= 0.6 is 0 Å². The Labute approximate surface area is 246 Å². The summed E-state index contributed by atoms with van der Waals surface area (Å²) in [5, 5.41) is 32.1. The van der Waals surface area contributed by atoms with Crippen molar-refractivity contribution >= 4 is 46.4 Å². The van der Waals surface area contributed by atoms with Gasteiger partial charge in [-0.1, -0.05) is 48.5 Å². The fourth-order valence-electron chi connectivity index (χ4n) is 5.57. The van der Waals surface area contributed by atoms with Gasteiger partial charge in [0.15, 0.2) is 0 Å². The number of para-hydroxylation sites is 4. The Morgan fingerprint density at radius 1 is 0.791 bits per heavy atom. The molecule has 214 valence electrons. The fourth-order valence-corrected chi connectivity index (χ4v) is 5.57. The molecule has 43 heavy (non-hydrogen) atoms. The number of amides is 2. The molecule has 2 heterocycles. The van der Waals surface area contributed by atoms with Crippen LogP contribution in [0.1, 0.15) is 12.5 Å². The number of nitrogens with one attached hydrogen (secondary N) is 1. The average Bonchev–Trinajstić information content (AvgIpc) is 3.39. The van der Waals surface area contributed by atoms with Gasteiger partial charge in [0.1, 0.15) is 22.8 Å². The summed E-state index contributed by atoms with van der Waals surface area (Å²) in [5.41, 5.74) is -2.39. The average molecular weight is 575 g/mol. The zero-order valence-electron chi connectivity index (χ0n) is 23.0. The number of ketones is 1. The summed E-state index contributed by atoms with van der Waals surface area (Å²) >= 11 is 0. The zero-order valence-corrected chi connectivity index (χ0v) is 23.0. The second kappa shape index (κ2) is 10.5. The van der Waals surface area contributed by atoms with Gasteiger partial charge in [-0.3, -0.25) is 29.6 Å². The standard InChI is InChI=1S/C33H26N4O6/c1-2-43-24-19-17-21(18-20-24)28(39)27-29(40)30(41)37(25-15-9-10-16-26(25)38)33(27)31(42)35(22-11-5-3-6-12-22)32(34)36(33)23-13-7-4-8-14-23/h3-20,34,38-39H,2H2,1H3/b28-27-,34-32?. The lowest BCUT2D eigenvalue weighted by atomic mass is 9.92. The van der Waals surface area contributed by atoms with E-state index < -0.39 is 34.6 Å². The number of aliphatic hydroxyl groups is 1. The maximum atomic E-state index is 14.9. The van der Waals surface area contributed by atoms with Crippen LogP contribution in [-0.2, 0) is 14.4 Å². The van der Waals surface area contributed by atoms with Crippen molar-refractivity contribution in [3.8, 4) is 11.5 Å². The number of guanidine groups is 1. The normalized spacial score (nSPS) is 19.5. The first-order valence-corrected chi connectivity index (χ1v) is 13.5. The number of hydrogen-bond acceptors (Lipinski definition) is 7. The number of phenolic OH excluding ortho intramolecular Hbond substituents is 1. The molecule has 4 aromatic rings. The summed E-state index contributed by atoms with van der Waals surface area (Å²) in [6.07, 6.45) is 0. The van der Waals surface area contributed by atoms with Crippen molar-refractivity contribution in [1.29, 1.82) is 5.41 Å². The third kappa shape index (κ3) is 4.03. The number of carbonyl (C=O) groups excluding carboxylic acids is 3. The van der Waals surface area contributed by atoms with Crippen LogP contribution in [0.5, 0.6) is 11.5 Å². The molecule has 0 aliphatic carbocycles. The Morgan fingerprint density at radius 3 is 1.98 bits per heavy atom. The lowest BCUT2D eigenvalue weighted by molar-refractivity contribution is -0.132. The molecule has 1 unspecified atom stereocenters. The van der Waals surface area contributed by atoms with E-state index in [9.17, 15) is 30.0 Å². The lowest BCUT2D eigenvalue weighted by Gasteiger charge is -2.39. The number of aliphatic hydroxyl groups excluding tert-OH is 1. The number of anilines is 3. The minimum Gasteiger partial charge on any atom is -0.507 e. The van der Waals surface area contributed by atoms with E-state index in [0.29, 0.717) is 23.7 Å². The minimum atomic E-state index is -2.43. The molecule has 2 saturated heterocycles. The Kier molecular flexibility index (Phi) is 6.66. The molecular weight excluding hydrogens is 548 g/mol. The molecule has 0 bridgehead atoms. The van der Waals surface area contributed by atoms with Crippen LogP contribution < -0.4 is 19.4 Å². The van der Waals surface area contributed by atoms with Gasteiger partial charge in [0.2, 0.25) is 11.6 Å². The number of Topliss-reactive ketones (excluding diaryl/α,β-unsaturated/α-hetero) is 1. The van der Waals surface area contributed by atoms with Gasteiger partial charge < -0.3 is 14.9 Å². The highest BCUT2D eigenvalue weighted by Crippen LogP contribution is 2.51. The first-order chi connectivity index (χ1) is 20.8. The van der Waals surface area contributed by atoms with Crippen LogP contribution in [0.25, 0.3) is 5.76 Å². The molecule has 2 aliphatic rings. The van der Waals surface area contributed by atoms with Crippen LogP contribution in [-0.4, -0.2) is 46.0 Å². The van der Waals surface area contributed by atoms with Gasteiger partial charge in [-0.2, -0.15) is 0 Å². The first kappa shape index (κ1) is 27.3. The summed E-state index contributed by atoms with van der Waals surface area (Å²) in [7, 11) is 0. The van der Waals surface area contributed by atoms with Crippen LogP contribution in [0, 0.1) is 5.41 Å². The molecular formula is C33H26N4O6. The van der Waals surface area contributed by atoms with Gasteiger partial charge in [0.05, 0.1) is 18.0 Å². The molecule has 10 heteroatoms. The fraction of sp³-hybridized carbons (Fsp3) is 0.0909. The second-order valence-corrected chi connectivity index (χ2v) is 9.78. The zero-order chi connectivity index (χ0) is 30.3.